The van der Waals surface area contributed by atoms with E-state index in [1.165, 1.54) is 50.7 Å². The maximum absolute atomic E-state index is 15.0. The van der Waals surface area contributed by atoms with Crippen molar-refractivity contribution >= 4 is 28.0 Å². The molecule has 2 heterocycles. The molecule has 23 nitrogen and oxygen atoms in total. The Kier molecular flexibility index (Phi) is 17.9. The highest BCUT2D eigenvalue weighted by Gasteiger charge is 2.38. The SMILES string of the molecule is COc1ccccc1Oc1c(OCCOC(=O)CCCCO[N+](=O)[O-])nc(-c2ncccn2)nc1N(C(C)OC(=O)OCCCCO[N+](=O)[O-])S(=O)(=O)c1ccc(C(C)(C)C)cc1. The van der Waals surface area contributed by atoms with Gasteiger partial charge in [-0.25, -0.2) is 32.5 Å². The van der Waals surface area contributed by atoms with Gasteiger partial charge < -0.3 is 38.1 Å². The number of methoxy groups -OCH3 is 1. The lowest BCUT2D eigenvalue weighted by Gasteiger charge is -2.30. The van der Waals surface area contributed by atoms with E-state index in [2.05, 4.69) is 29.6 Å². The zero-order valence-corrected chi connectivity index (χ0v) is 35.9. The second kappa shape index (κ2) is 23.2. The smallest absolute Gasteiger partial charge is 0.493 e. The van der Waals surface area contributed by atoms with Crippen LogP contribution in [0.2, 0.25) is 0 Å². The molecule has 0 saturated carbocycles. The van der Waals surface area contributed by atoms with Gasteiger partial charge >= 0.3 is 12.1 Å². The molecule has 1 unspecified atom stereocenters. The Labute approximate surface area is 361 Å². The van der Waals surface area contributed by atoms with Crippen molar-refractivity contribution in [2.45, 2.75) is 76.3 Å². The minimum absolute atomic E-state index is 0.0480. The van der Waals surface area contributed by atoms with Gasteiger partial charge in [-0.2, -0.15) is 4.98 Å². The zero-order chi connectivity index (χ0) is 46.0. The Morgan fingerprint density at radius 3 is 2.02 bits per heavy atom. The molecule has 24 heteroatoms. The number of benzene rings is 2. The summed E-state index contributed by atoms with van der Waals surface area (Å²) in [5.41, 5.74) is 0.467. The van der Waals surface area contributed by atoms with Crippen molar-refractivity contribution in [3.05, 3.63) is 92.8 Å². The second-order valence-electron chi connectivity index (χ2n) is 14.1. The van der Waals surface area contributed by atoms with Crippen LogP contribution in [0.4, 0.5) is 10.6 Å². The number of carbonyl (C=O) groups is 2. The van der Waals surface area contributed by atoms with Crippen LogP contribution in [0.15, 0.2) is 71.9 Å². The fourth-order valence-electron chi connectivity index (χ4n) is 5.40. The van der Waals surface area contributed by atoms with Crippen LogP contribution >= 0.6 is 0 Å². The van der Waals surface area contributed by atoms with E-state index in [4.69, 9.17) is 28.4 Å². The molecule has 1 atom stereocenters. The van der Waals surface area contributed by atoms with E-state index in [-0.39, 0.29) is 98.6 Å². The van der Waals surface area contributed by atoms with E-state index < -0.39 is 56.0 Å². The summed E-state index contributed by atoms with van der Waals surface area (Å²) in [5, 5.41) is 19.0. The number of ether oxygens (including phenoxy) is 6. The van der Waals surface area contributed by atoms with Crippen molar-refractivity contribution in [3.63, 3.8) is 0 Å². The van der Waals surface area contributed by atoms with Crippen molar-refractivity contribution in [2.75, 3.05) is 44.4 Å². The Balaban J connectivity index is 1.82. The standard InChI is InChI=1S/C39H47N7O16S/c1-27(61-38(48)58-22-10-11-24-60-46(51)52)44(63(53,54)29-18-16-28(17-19-29)39(2,3)4)36-33(62-31-14-7-6-13-30(31)55-5)37(43-35(42-36)34-40-20-12-21-41-34)57-26-25-56-32(47)15-8-9-23-59-45(49)50/h6-7,12-14,16-21,27H,8-11,15,22-26H2,1-5H3. The van der Waals surface area contributed by atoms with E-state index in [0.717, 1.165) is 5.56 Å². The minimum Gasteiger partial charge on any atom is -0.493 e. The highest BCUT2D eigenvalue weighted by Crippen LogP contribution is 2.44. The summed E-state index contributed by atoms with van der Waals surface area (Å²) in [4.78, 5) is 72.2. The fraction of sp³-hybridized carbons (Fsp3) is 0.436. The van der Waals surface area contributed by atoms with Gasteiger partial charge in [0, 0.05) is 18.8 Å². The average Bonchev–Trinajstić information content (AvgIpc) is 3.24. The fourth-order valence-corrected chi connectivity index (χ4v) is 6.89. The van der Waals surface area contributed by atoms with E-state index in [1.54, 1.807) is 30.3 Å². The van der Waals surface area contributed by atoms with Crippen molar-refractivity contribution in [1.82, 2.24) is 19.9 Å². The maximum atomic E-state index is 15.0. The number of para-hydroxylation sites is 2. The first-order chi connectivity index (χ1) is 30.0. The summed E-state index contributed by atoms with van der Waals surface area (Å²) in [5.74, 6) is -2.09. The van der Waals surface area contributed by atoms with Gasteiger partial charge in [-0.3, -0.25) is 4.79 Å². The Morgan fingerprint density at radius 2 is 1.40 bits per heavy atom. The van der Waals surface area contributed by atoms with Crippen molar-refractivity contribution in [3.8, 4) is 34.8 Å². The first kappa shape index (κ1) is 48.6. The van der Waals surface area contributed by atoms with Crippen molar-refractivity contribution in [2.24, 2.45) is 0 Å². The molecule has 0 aliphatic rings. The Hall–Kier alpha value is -7.11. The van der Waals surface area contributed by atoms with Gasteiger partial charge in [-0.05, 0) is 73.9 Å². The molecule has 340 valence electrons. The molecular formula is C39H47N7O16S. The average molecular weight is 902 g/mol. The third-order valence-electron chi connectivity index (χ3n) is 8.46. The van der Waals surface area contributed by atoms with Crippen LogP contribution in [-0.2, 0) is 44.1 Å². The Bertz CT molecular complexity index is 2260. The molecule has 2 aromatic heterocycles. The number of nitrogens with zero attached hydrogens (tertiary/aromatic N) is 7. The maximum Gasteiger partial charge on any atom is 0.510 e. The molecule has 0 spiro atoms. The molecule has 0 amide bonds. The molecule has 0 bridgehead atoms. The summed E-state index contributed by atoms with van der Waals surface area (Å²) in [7, 11) is -3.42. The van der Waals surface area contributed by atoms with Gasteiger partial charge in [0.25, 0.3) is 26.1 Å². The normalized spacial score (nSPS) is 11.7. The van der Waals surface area contributed by atoms with Gasteiger partial charge in [-0.15, -0.1) is 20.2 Å². The van der Waals surface area contributed by atoms with Gasteiger partial charge in [0.05, 0.1) is 31.8 Å². The molecule has 0 aliphatic carbocycles. The van der Waals surface area contributed by atoms with Crippen molar-refractivity contribution in [1.29, 1.82) is 0 Å². The number of esters is 1. The number of sulfonamides is 1. The molecule has 0 N–H and O–H groups in total. The molecular weight excluding hydrogens is 855 g/mol. The summed E-state index contributed by atoms with van der Waals surface area (Å²) in [6, 6.07) is 13.9. The molecule has 0 radical (unpaired) electrons. The third kappa shape index (κ3) is 14.8. The van der Waals surface area contributed by atoms with Crippen molar-refractivity contribution < 1.29 is 66.3 Å². The highest BCUT2D eigenvalue weighted by molar-refractivity contribution is 7.92. The van der Waals surface area contributed by atoms with Crippen LogP contribution in [-0.4, -0.2) is 97.0 Å². The largest absolute Gasteiger partial charge is 0.510 e. The van der Waals surface area contributed by atoms with Gasteiger partial charge in [0.15, 0.2) is 29.4 Å². The molecule has 4 aromatic rings. The Morgan fingerprint density at radius 1 is 0.778 bits per heavy atom. The lowest BCUT2D eigenvalue weighted by Crippen LogP contribution is -2.42. The molecule has 4 rings (SSSR count). The predicted octanol–water partition coefficient (Wildman–Crippen LogP) is 6.02. The number of hydrogen-bond acceptors (Lipinski definition) is 20. The number of aromatic nitrogens is 4. The quantitative estimate of drug-likeness (QED) is 0.0242. The van der Waals surface area contributed by atoms with Crippen LogP contribution in [0.1, 0.15) is 65.4 Å². The lowest BCUT2D eigenvalue weighted by atomic mass is 9.87. The van der Waals surface area contributed by atoms with Crippen LogP contribution in [0, 0.1) is 20.2 Å². The molecule has 0 saturated heterocycles. The van der Waals surface area contributed by atoms with E-state index in [9.17, 15) is 29.8 Å². The topological polar surface area (TPSA) is 283 Å². The summed E-state index contributed by atoms with van der Waals surface area (Å²) < 4.78 is 64.6. The van der Waals surface area contributed by atoms with Crippen LogP contribution in [0.3, 0.4) is 0 Å². The number of unbranched alkanes of at least 4 members (excludes halogenated alkanes) is 2. The predicted molar refractivity (Wildman–Crippen MR) is 218 cm³/mol. The summed E-state index contributed by atoms with van der Waals surface area (Å²) in [6.07, 6.45) is 0.460. The number of anilines is 1. The van der Waals surface area contributed by atoms with Gasteiger partial charge in [0.1, 0.15) is 13.2 Å². The van der Waals surface area contributed by atoms with E-state index in [1.807, 2.05) is 20.8 Å². The number of hydrogen-bond donors (Lipinski definition) is 0. The first-order valence-electron chi connectivity index (χ1n) is 19.3. The van der Waals surface area contributed by atoms with E-state index in [0.29, 0.717) is 4.31 Å². The van der Waals surface area contributed by atoms with Crippen LogP contribution in [0.25, 0.3) is 11.6 Å². The molecule has 2 aromatic carbocycles. The molecule has 0 fully saturated rings. The lowest BCUT2D eigenvalue weighted by molar-refractivity contribution is -0.757. The monoisotopic (exact) mass is 901 g/mol. The first-order valence-corrected chi connectivity index (χ1v) is 20.8. The third-order valence-corrected chi connectivity index (χ3v) is 10.3. The van der Waals surface area contributed by atoms with Gasteiger partial charge in [-0.1, -0.05) is 45.0 Å². The van der Waals surface area contributed by atoms with E-state index >= 15 is 8.42 Å². The summed E-state index contributed by atoms with van der Waals surface area (Å²) in [6.45, 7) is 5.72. The van der Waals surface area contributed by atoms with Crippen LogP contribution < -0.4 is 18.5 Å². The highest BCUT2D eigenvalue weighted by atomic mass is 32.2. The molecule has 63 heavy (non-hydrogen) atoms. The van der Waals surface area contributed by atoms with Crippen LogP contribution in [0.5, 0.6) is 23.1 Å². The second-order valence-corrected chi connectivity index (χ2v) is 15.9. The van der Waals surface area contributed by atoms with Gasteiger partial charge in [0.2, 0.25) is 11.6 Å². The summed E-state index contributed by atoms with van der Waals surface area (Å²) >= 11 is 0. The number of carbonyl (C=O) groups excluding carboxylic acids is 2. The minimum atomic E-state index is -4.80. The number of rotatable bonds is 25. The molecule has 0 aliphatic heterocycles. The zero-order valence-electron chi connectivity index (χ0n) is 35.1.